The smallest absolute Gasteiger partial charge is 0.194 e. The molecule has 4 heteroatoms. The lowest BCUT2D eigenvalue weighted by molar-refractivity contribution is 0.0978. The monoisotopic (exact) mass is 268 g/mol. The summed E-state index contributed by atoms with van der Waals surface area (Å²) in [5.41, 5.74) is 2.00. The van der Waals surface area contributed by atoms with Gasteiger partial charge in [-0.1, -0.05) is 0 Å². The fraction of sp³-hybridized carbons (Fsp3) is 0.125. The number of fused-ring (bicyclic) bond motifs is 2. The van der Waals surface area contributed by atoms with Crippen LogP contribution < -0.4 is 0 Å². The Morgan fingerprint density at radius 1 is 0.650 bits per heavy atom. The van der Waals surface area contributed by atoms with E-state index < -0.39 is 0 Å². The summed E-state index contributed by atoms with van der Waals surface area (Å²) in [5, 5.41) is 19.4. The van der Waals surface area contributed by atoms with E-state index in [1.54, 1.807) is 13.8 Å². The Labute approximate surface area is 115 Å². The average Bonchev–Trinajstić information content (AvgIpc) is 2.41. The molecule has 2 aromatic rings. The highest BCUT2D eigenvalue weighted by molar-refractivity contribution is 6.28. The van der Waals surface area contributed by atoms with Crippen LogP contribution in [0.2, 0.25) is 0 Å². The predicted octanol–water partition coefficient (Wildman–Crippen LogP) is 2.49. The quantitative estimate of drug-likeness (QED) is 0.657. The lowest BCUT2D eigenvalue weighted by Crippen LogP contribution is -2.21. The molecule has 1 aliphatic rings. The number of carbonyl (C=O) groups excluding carboxylic acids is 2. The van der Waals surface area contributed by atoms with Crippen molar-refractivity contribution in [3.05, 3.63) is 57.6 Å². The van der Waals surface area contributed by atoms with Gasteiger partial charge in [-0.3, -0.25) is 9.59 Å². The Morgan fingerprint density at radius 3 is 1.30 bits per heavy atom. The zero-order valence-electron chi connectivity index (χ0n) is 11.0. The molecule has 100 valence electrons. The number of carbonyl (C=O) groups is 2. The minimum Gasteiger partial charge on any atom is -0.508 e. The molecule has 0 fully saturated rings. The van der Waals surface area contributed by atoms with E-state index in [4.69, 9.17) is 0 Å². The van der Waals surface area contributed by atoms with Crippen molar-refractivity contribution in [1.82, 2.24) is 0 Å². The van der Waals surface area contributed by atoms with E-state index in [-0.39, 0.29) is 45.3 Å². The van der Waals surface area contributed by atoms with E-state index >= 15 is 0 Å². The topological polar surface area (TPSA) is 74.6 Å². The van der Waals surface area contributed by atoms with Crippen molar-refractivity contribution in [3.8, 4) is 11.5 Å². The zero-order valence-corrected chi connectivity index (χ0v) is 11.0. The molecule has 0 unspecified atom stereocenters. The third kappa shape index (κ3) is 1.54. The highest BCUT2D eigenvalue weighted by atomic mass is 16.3. The molecular weight excluding hydrogens is 256 g/mol. The van der Waals surface area contributed by atoms with Crippen molar-refractivity contribution >= 4 is 11.6 Å². The van der Waals surface area contributed by atoms with Crippen LogP contribution in [0.5, 0.6) is 11.5 Å². The van der Waals surface area contributed by atoms with Crippen LogP contribution in [-0.4, -0.2) is 21.8 Å². The molecule has 0 aromatic heterocycles. The molecule has 0 saturated heterocycles. The second-order valence-corrected chi connectivity index (χ2v) is 5.03. The molecule has 4 nitrogen and oxygen atoms in total. The van der Waals surface area contributed by atoms with Crippen LogP contribution in [0.1, 0.15) is 43.0 Å². The number of aryl methyl sites for hydroxylation is 2. The van der Waals surface area contributed by atoms with Gasteiger partial charge in [-0.25, -0.2) is 0 Å². The van der Waals surface area contributed by atoms with E-state index in [9.17, 15) is 19.8 Å². The van der Waals surface area contributed by atoms with Gasteiger partial charge in [-0.2, -0.15) is 0 Å². The number of rotatable bonds is 0. The molecule has 0 heterocycles. The predicted molar refractivity (Wildman–Crippen MR) is 72.6 cm³/mol. The fourth-order valence-corrected chi connectivity index (χ4v) is 2.43. The molecule has 0 aliphatic heterocycles. The Balaban J connectivity index is 2.33. The van der Waals surface area contributed by atoms with E-state index in [1.807, 2.05) is 0 Å². The van der Waals surface area contributed by atoms with Crippen molar-refractivity contribution in [2.24, 2.45) is 0 Å². The molecule has 1 aliphatic carbocycles. The van der Waals surface area contributed by atoms with Gasteiger partial charge in [-0.15, -0.1) is 0 Å². The number of benzene rings is 2. The SMILES string of the molecule is Cc1cc2c(cc1O)C(=O)c1cc(C)c(O)cc1C2=O. The zero-order chi connectivity index (χ0) is 14.6. The number of hydrogen-bond donors (Lipinski definition) is 2. The maximum Gasteiger partial charge on any atom is 0.194 e. The lowest BCUT2D eigenvalue weighted by Gasteiger charge is -2.19. The summed E-state index contributed by atoms with van der Waals surface area (Å²) in [5.74, 6) is -0.645. The average molecular weight is 268 g/mol. The third-order valence-electron chi connectivity index (χ3n) is 3.65. The van der Waals surface area contributed by atoms with Gasteiger partial charge in [0.15, 0.2) is 11.6 Å². The van der Waals surface area contributed by atoms with Crippen LogP contribution in [0.15, 0.2) is 24.3 Å². The first kappa shape index (κ1) is 12.4. The lowest BCUT2D eigenvalue weighted by atomic mass is 9.82. The standard InChI is InChI=1S/C16H12O4/c1-7-3-9-11(5-13(7)17)16(20)10-4-8(2)14(18)6-12(10)15(9)19/h3-6,17-18H,1-2H3. The van der Waals surface area contributed by atoms with Gasteiger partial charge in [-0.05, 0) is 49.2 Å². The number of hydrogen-bond acceptors (Lipinski definition) is 4. The van der Waals surface area contributed by atoms with Crippen LogP contribution in [0.3, 0.4) is 0 Å². The first-order chi connectivity index (χ1) is 9.40. The molecule has 0 radical (unpaired) electrons. The van der Waals surface area contributed by atoms with Crippen LogP contribution in [0.4, 0.5) is 0 Å². The number of phenols is 2. The van der Waals surface area contributed by atoms with Crippen molar-refractivity contribution in [2.45, 2.75) is 13.8 Å². The van der Waals surface area contributed by atoms with Crippen LogP contribution in [0, 0.1) is 13.8 Å². The van der Waals surface area contributed by atoms with E-state index in [0.29, 0.717) is 11.1 Å². The molecule has 0 spiro atoms. The summed E-state index contributed by atoms with van der Waals surface area (Å²) in [6.07, 6.45) is 0. The van der Waals surface area contributed by atoms with Crippen molar-refractivity contribution in [2.75, 3.05) is 0 Å². The molecule has 0 bridgehead atoms. The normalized spacial score (nSPS) is 13.1. The Hall–Kier alpha value is -2.62. The van der Waals surface area contributed by atoms with Gasteiger partial charge in [0, 0.05) is 22.3 Å². The summed E-state index contributed by atoms with van der Waals surface area (Å²) in [6.45, 7) is 3.32. The van der Waals surface area contributed by atoms with Crippen molar-refractivity contribution in [3.63, 3.8) is 0 Å². The van der Waals surface area contributed by atoms with Gasteiger partial charge in [0.25, 0.3) is 0 Å². The number of phenolic OH excluding ortho intramolecular Hbond substituents is 2. The molecule has 0 saturated carbocycles. The second kappa shape index (κ2) is 3.93. The summed E-state index contributed by atoms with van der Waals surface area (Å²) >= 11 is 0. The summed E-state index contributed by atoms with van der Waals surface area (Å²) in [4.78, 5) is 24.9. The molecule has 3 rings (SSSR count). The van der Waals surface area contributed by atoms with E-state index in [2.05, 4.69) is 0 Å². The Kier molecular flexibility index (Phi) is 2.44. The van der Waals surface area contributed by atoms with Gasteiger partial charge in [0.1, 0.15) is 11.5 Å². The van der Waals surface area contributed by atoms with Crippen molar-refractivity contribution < 1.29 is 19.8 Å². The second-order valence-electron chi connectivity index (χ2n) is 5.03. The Bertz CT molecular complexity index is 658. The van der Waals surface area contributed by atoms with Gasteiger partial charge >= 0.3 is 0 Å². The maximum atomic E-state index is 12.4. The first-order valence-electron chi connectivity index (χ1n) is 6.16. The molecule has 0 atom stereocenters. The molecule has 0 amide bonds. The molecule has 2 N–H and O–H groups in total. The summed E-state index contributed by atoms with van der Waals surface area (Å²) < 4.78 is 0. The Morgan fingerprint density at radius 2 is 0.950 bits per heavy atom. The van der Waals surface area contributed by atoms with Crippen LogP contribution in [0.25, 0.3) is 0 Å². The van der Waals surface area contributed by atoms with E-state index in [1.165, 1.54) is 24.3 Å². The van der Waals surface area contributed by atoms with Gasteiger partial charge < -0.3 is 10.2 Å². The highest BCUT2D eigenvalue weighted by Crippen LogP contribution is 2.34. The summed E-state index contributed by atoms with van der Waals surface area (Å²) in [7, 11) is 0. The summed E-state index contributed by atoms with van der Waals surface area (Å²) in [6, 6.07) is 5.67. The van der Waals surface area contributed by atoms with Crippen LogP contribution >= 0.6 is 0 Å². The minimum atomic E-state index is -0.312. The third-order valence-corrected chi connectivity index (χ3v) is 3.65. The highest BCUT2D eigenvalue weighted by Gasteiger charge is 2.31. The molecular formula is C16H12O4. The van der Waals surface area contributed by atoms with Gasteiger partial charge in [0.05, 0.1) is 0 Å². The molecule has 2 aromatic carbocycles. The number of ketones is 2. The largest absolute Gasteiger partial charge is 0.508 e. The minimum absolute atomic E-state index is 0.0103. The van der Waals surface area contributed by atoms with Crippen LogP contribution in [-0.2, 0) is 0 Å². The molecule has 20 heavy (non-hydrogen) atoms. The first-order valence-corrected chi connectivity index (χ1v) is 6.16. The van der Waals surface area contributed by atoms with E-state index in [0.717, 1.165) is 0 Å². The van der Waals surface area contributed by atoms with Gasteiger partial charge in [0.2, 0.25) is 0 Å². The number of aromatic hydroxyl groups is 2. The fourth-order valence-electron chi connectivity index (χ4n) is 2.43. The maximum absolute atomic E-state index is 12.4. The van der Waals surface area contributed by atoms with Crippen molar-refractivity contribution in [1.29, 1.82) is 0 Å².